The number of nitrogen functional groups attached to an aromatic ring is 1. The molecule has 1 aliphatic carbocycles. The Labute approximate surface area is 106 Å². The van der Waals surface area contributed by atoms with Crippen LogP contribution in [0, 0.1) is 5.82 Å². The number of para-hydroxylation sites is 1. The number of hydrogen-bond acceptors (Lipinski definition) is 3. The molecule has 0 radical (unpaired) electrons. The fraction of sp³-hybridized carbons (Fsp3) is 0.571. The molecule has 18 heavy (non-hydrogen) atoms. The monoisotopic (exact) mass is 251 g/mol. The lowest BCUT2D eigenvalue weighted by Gasteiger charge is -2.35. The van der Waals surface area contributed by atoms with Crippen LogP contribution in [0.2, 0.25) is 0 Å². The Bertz CT molecular complexity index is 433. The van der Waals surface area contributed by atoms with Crippen molar-refractivity contribution in [1.82, 2.24) is 0 Å². The van der Waals surface area contributed by atoms with Crippen LogP contribution in [0.4, 0.5) is 10.1 Å². The van der Waals surface area contributed by atoms with Crippen LogP contribution in [0.1, 0.15) is 37.2 Å². The van der Waals surface area contributed by atoms with Gasteiger partial charge < -0.3 is 15.2 Å². The van der Waals surface area contributed by atoms with Crippen LogP contribution in [0.5, 0.6) is 0 Å². The zero-order valence-electron chi connectivity index (χ0n) is 10.3. The number of ether oxygens (including phenoxy) is 2. The van der Waals surface area contributed by atoms with Gasteiger partial charge in [0.15, 0.2) is 5.79 Å². The van der Waals surface area contributed by atoms with Crippen LogP contribution in [-0.2, 0) is 9.47 Å². The van der Waals surface area contributed by atoms with Crippen molar-refractivity contribution in [1.29, 1.82) is 0 Å². The van der Waals surface area contributed by atoms with Crippen LogP contribution in [0.3, 0.4) is 0 Å². The molecule has 98 valence electrons. The molecule has 2 aliphatic rings. The van der Waals surface area contributed by atoms with Crippen LogP contribution in [0.25, 0.3) is 0 Å². The lowest BCUT2D eigenvalue weighted by Crippen LogP contribution is -2.34. The molecule has 1 spiro atoms. The van der Waals surface area contributed by atoms with E-state index in [1.165, 1.54) is 6.07 Å². The van der Waals surface area contributed by atoms with Gasteiger partial charge in [-0.05, 0) is 30.4 Å². The van der Waals surface area contributed by atoms with Crippen molar-refractivity contribution in [2.24, 2.45) is 0 Å². The van der Waals surface area contributed by atoms with Crippen LogP contribution < -0.4 is 5.73 Å². The van der Waals surface area contributed by atoms with E-state index in [9.17, 15) is 4.39 Å². The lowest BCUT2D eigenvalue weighted by molar-refractivity contribution is -0.178. The van der Waals surface area contributed by atoms with Crippen molar-refractivity contribution in [2.75, 3.05) is 18.9 Å². The second-order valence-corrected chi connectivity index (χ2v) is 5.12. The molecule has 0 atom stereocenters. The van der Waals surface area contributed by atoms with Crippen molar-refractivity contribution >= 4 is 5.69 Å². The van der Waals surface area contributed by atoms with Crippen LogP contribution in [0.15, 0.2) is 18.2 Å². The molecule has 0 aromatic heterocycles. The largest absolute Gasteiger partial charge is 0.396 e. The summed E-state index contributed by atoms with van der Waals surface area (Å²) in [6.07, 6.45) is 3.61. The molecule has 2 N–H and O–H groups in total. The summed E-state index contributed by atoms with van der Waals surface area (Å²) in [4.78, 5) is 0. The molecule has 2 fully saturated rings. The third-order valence-corrected chi connectivity index (χ3v) is 4.09. The van der Waals surface area contributed by atoms with Gasteiger partial charge in [-0.15, -0.1) is 0 Å². The number of benzene rings is 1. The summed E-state index contributed by atoms with van der Waals surface area (Å²) in [6, 6.07) is 5.07. The first-order valence-electron chi connectivity index (χ1n) is 6.52. The number of halogens is 1. The van der Waals surface area contributed by atoms with Crippen molar-refractivity contribution < 1.29 is 13.9 Å². The molecule has 1 saturated carbocycles. The Hall–Kier alpha value is -1.13. The third-order valence-electron chi connectivity index (χ3n) is 4.09. The maximum Gasteiger partial charge on any atom is 0.168 e. The molecule has 3 rings (SSSR count). The summed E-state index contributed by atoms with van der Waals surface area (Å²) < 4.78 is 24.8. The fourth-order valence-corrected chi connectivity index (χ4v) is 3.06. The van der Waals surface area contributed by atoms with Crippen molar-refractivity contribution in [2.45, 2.75) is 37.4 Å². The average Bonchev–Trinajstić information content (AvgIpc) is 2.83. The van der Waals surface area contributed by atoms with Crippen molar-refractivity contribution in [3.63, 3.8) is 0 Å². The van der Waals surface area contributed by atoms with Crippen molar-refractivity contribution in [3.05, 3.63) is 29.6 Å². The second-order valence-electron chi connectivity index (χ2n) is 5.12. The summed E-state index contributed by atoms with van der Waals surface area (Å²) in [7, 11) is 0. The number of rotatable bonds is 1. The number of hydrogen-bond donors (Lipinski definition) is 1. The summed E-state index contributed by atoms with van der Waals surface area (Å²) in [5.74, 6) is -0.362. The lowest BCUT2D eigenvalue weighted by atomic mass is 9.80. The van der Waals surface area contributed by atoms with Gasteiger partial charge >= 0.3 is 0 Å². The normalized spacial score (nSPS) is 23.6. The van der Waals surface area contributed by atoms with E-state index < -0.39 is 0 Å². The Kier molecular flexibility index (Phi) is 2.99. The van der Waals surface area contributed by atoms with E-state index in [2.05, 4.69) is 0 Å². The van der Waals surface area contributed by atoms with Crippen molar-refractivity contribution in [3.8, 4) is 0 Å². The SMILES string of the molecule is Nc1c(F)cccc1C1CCC2(CC1)OCCO2. The first-order valence-corrected chi connectivity index (χ1v) is 6.52. The topological polar surface area (TPSA) is 44.5 Å². The number of anilines is 1. The fourth-order valence-electron chi connectivity index (χ4n) is 3.06. The molecular formula is C14H18FNO2. The molecule has 0 bridgehead atoms. The maximum atomic E-state index is 13.5. The Morgan fingerprint density at radius 3 is 2.50 bits per heavy atom. The summed E-state index contributed by atoms with van der Waals surface area (Å²) in [5.41, 5.74) is 7.05. The Morgan fingerprint density at radius 2 is 1.83 bits per heavy atom. The quantitative estimate of drug-likeness (QED) is 0.780. The predicted molar refractivity (Wildman–Crippen MR) is 66.7 cm³/mol. The minimum absolute atomic E-state index is 0.298. The van der Waals surface area contributed by atoms with Gasteiger partial charge in [0.1, 0.15) is 5.82 Å². The van der Waals surface area contributed by atoms with Gasteiger partial charge in [-0.1, -0.05) is 12.1 Å². The number of nitrogens with two attached hydrogens (primary N) is 1. The first kappa shape index (κ1) is 11.9. The van der Waals surface area contributed by atoms with E-state index >= 15 is 0 Å². The summed E-state index contributed by atoms with van der Waals surface area (Å²) in [6.45, 7) is 1.37. The first-order chi connectivity index (χ1) is 8.70. The van der Waals surface area contributed by atoms with E-state index in [4.69, 9.17) is 15.2 Å². The second kappa shape index (κ2) is 4.52. The standard InChI is InChI=1S/C14H18FNO2/c15-12-3-1-2-11(13(12)16)10-4-6-14(7-5-10)17-8-9-18-14/h1-3,10H,4-9,16H2. The third kappa shape index (κ3) is 1.99. The molecule has 1 heterocycles. The summed E-state index contributed by atoms with van der Waals surface area (Å²) >= 11 is 0. The van der Waals surface area contributed by atoms with Crippen LogP contribution >= 0.6 is 0 Å². The molecule has 0 unspecified atom stereocenters. The van der Waals surface area contributed by atoms with Gasteiger partial charge in [0, 0.05) is 12.8 Å². The van der Waals surface area contributed by atoms with Gasteiger partial charge in [-0.3, -0.25) is 0 Å². The van der Waals surface area contributed by atoms with E-state index in [-0.39, 0.29) is 11.6 Å². The molecular weight excluding hydrogens is 233 g/mol. The molecule has 3 nitrogen and oxygen atoms in total. The van der Waals surface area contributed by atoms with Crippen LogP contribution in [-0.4, -0.2) is 19.0 Å². The average molecular weight is 251 g/mol. The van der Waals surface area contributed by atoms with Gasteiger partial charge in [0.25, 0.3) is 0 Å². The van der Waals surface area contributed by atoms with Gasteiger partial charge in [-0.25, -0.2) is 4.39 Å². The van der Waals surface area contributed by atoms with Gasteiger partial charge in [-0.2, -0.15) is 0 Å². The Morgan fingerprint density at radius 1 is 1.17 bits per heavy atom. The molecule has 0 amide bonds. The van der Waals surface area contributed by atoms with E-state index in [1.807, 2.05) is 6.07 Å². The zero-order chi connectivity index (χ0) is 12.6. The van der Waals surface area contributed by atoms with Gasteiger partial charge in [0.2, 0.25) is 0 Å². The van der Waals surface area contributed by atoms with E-state index in [1.54, 1.807) is 6.07 Å². The molecule has 1 aliphatic heterocycles. The highest BCUT2D eigenvalue weighted by atomic mass is 19.1. The highest BCUT2D eigenvalue weighted by molar-refractivity contribution is 5.50. The molecule has 4 heteroatoms. The summed E-state index contributed by atoms with van der Waals surface area (Å²) in [5, 5.41) is 0. The Balaban J connectivity index is 1.74. The molecule has 1 aromatic carbocycles. The van der Waals surface area contributed by atoms with E-state index in [0.29, 0.717) is 24.8 Å². The smallest absolute Gasteiger partial charge is 0.168 e. The highest BCUT2D eigenvalue weighted by Crippen LogP contribution is 2.43. The predicted octanol–water partition coefficient (Wildman–Crippen LogP) is 2.81. The van der Waals surface area contributed by atoms with Gasteiger partial charge in [0.05, 0.1) is 18.9 Å². The minimum atomic E-state index is -0.363. The zero-order valence-corrected chi connectivity index (χ0v) is 10.3. The maximum absolute atomic E-state index is 13.5. The molecule has 1 saturated heterocycles. The molecule has 1 aromatic rings. The minimum Gasteiger partial charge on any atom is -0.396 e. The van der Waals surface area contributed by atoms with E-state index in [0.717, 1.165) is 31.2 Å². The highest BCUT2D eigenvalue weighted by Gasteiger charge is 2.40.